The van der Waals surface area contributed by atoms with E-state index in [1.165, 1.54) is 12.8 Å². The first-order chi connectivity index (χ1) is 19.0. The van der Waals surface area contributed by atoms with Gasteiger partial charge in [0, 0.05) is 35.3 Å². The first kappa shape index (κ1) is 27.9. The molecule has 1 saturated carbocycles. The number of carbonyl (C=O) groups is 2. The van der Waals surface area contributed by atoms with E-state index in [9.17, 15) is 9.59 Å². The number of ether oxygens (including phenoxy) is 1. The molecule has 3 aromatic rings. The normalized spacial score (nSPS) is 20.6. The van der Waals surface area contributed by atoms with Crippen molar-refractivity contribution < 1.29 is 14.3 Å². The molecule has 1 heterocycles. The highest BCUT2D eigenvalue weighted by Crippen LogP contribution is 2.42. The molecular weight excluding hydrogens is 546 g/mol. The van der Waals surface area contributed by atoms with Gasteiger partial charge in [0.1, 0.15) is 10.9 Å². The summed E-state index contributed by atoms with van der Waals surface area (Å²) in [5.41, 5.74) is 3.61. The summed E-state index contributed by atoms with van der Waals surface area (Å²) < 4.78 is 6.70. The van der Waals surface area contributed by atoms with Crippen LogP contribution in [0.2, 0.25) is 5.02 Å². The van der Waals surface area contributed by atoms with Crippen LogP contribution >= 0.6 is 35.6 Å². The predicted octanol–water partition coefficient (Wildman–Crippen LogP) is 7.69. The van der Waals surface area contributed by atoms with Crippen molar-refractivity contribution >= 4 is 51.7 Å². The average Bonchev–Trinajstić information content (AvgIpc) is 3.66. The molecule has 3 atom stereocenters. The van der Waals surface area contributed by atoms with Crippen LogP contribution in [0.4, 0.5) is 0 Å². The Morgan fingerprint density at radius 2 is 1.54 bits per heavy atom. The summed E-state index contributed by atoms with van der Waals surface area (Å²) >= 11 is 13.4. The summed E-state index contributed by atoms with van der Waals surface area (Å²) in [5, 5.41) is 0.686. The molecule has 2 aliphatic rings. The fourth-order valence-corrected chi connectivity index (χ4v) is 7.21. The highest BCUT2D eigenvalue weighted by atomic mass is 35.5. The first-order valence-electron chi connectivity index (χ1n) is 13.5. The molecule has 2 fully saturated rings. The van der Waals surface area contributed by atoms with E-state index in [0.717, 1.165) is 46.3 Å². The van der Waals surface area contributed by atoms with E-state index in [1.54, 1.807) is 11.8 Å². The number of thiocarbonyl (C=S) groups is 1. The summed E-state index contributed by atoms with van der Waals surface area (Å²) in [6.07, 6.45) is 3.82. The number of esters is 1. The molecule has 39 heavy (non-hydrogen) atoms. The summed E-state index contributed by atoms with van der Waals surface area (Å²) in [6.45, 7) is 2.22. The van der Waals surface area contributed by atoms with E-state index in [-0.39, 0.29) is 24.3 Å². The molecular formula is C32H32ClNO3S2. The number of thioether (sulfide) groups is 1. The summed E-state index contributed by atoms with van der Waals surface area (Å²) in [4.78, 5) is 29.5. The number of nitrogens with zero attached hydrogens (tertiary/aromatic N) is 1. The van der Waals surface area contributed by atoms with Crippen molar-refractivity contribution in [2.75, 3.05) is 18.8 Å². The van der Waals surface area contributed by atoms with Gasteiger partial charge in [-0.05, 0) is 60.4 Å². The van der Waals surface area contributed by atoms with Gasteiger partial charge >= 0.3 is 5.97 Å². The van der Waals surface area contributed by atoms with Gasteiger partial charge in [0.05, 0.1) is 5.92 Å². The Balaban J connectivity index is 1.30. The zero-order valence-corrected chi connectivity index (χ0v) is 24.1. The maximum absolute atomic E-state index is 13.8. The SMILES string of the molecule is O=C(c1ccc(-c2ccc(Cl)cc2)cc1)C1CCC(CSC(=S)N2CCCC2)C1C(=O)OCc1ccccc1. The highest BCUT2D eigenvalue weighted by Gasteiger charge is 2.45. The second-order valence-corrected chi connectivity index (χ2v) is 12.4. The molecule has 202 valence electrons. The number of likely N-dealkylation sites (tertiary alicyclic amines) is 1. The number of benzene rings is 3. The van der Waals surface area contributed by atoms with Crippen molar-refractivity contribution in [3.8, 4) is 11.1 Å². The van der Waals surface area contributed by atoms with Gasteiger partial charge in [0.15, 0.2) is 5.78 Å². The Hall–Kier alpha value is -2.67. The van der Waals surface area contributed by atoms with Gasteiger partial charge in [-0.15, -0.1) is 0 Å². The molecule has 0 N–H and O–H groups in total. The lowest BCUT2D eigenvalue weighted by Gasteiger charge is -2.24. The monoisotopic (exact) mass is 577 g/mol. The van der Waals surface area contributed by atoms with E-state index in [1.807, 2.05) is 78.9 Å². The zero-order chi connectivity index (χ0) is 27.2. The third-order valence-corrected chi connectivity index (χ3v) is 9.72. The van der Waals surface area contributed by atoms with Crippen molar-refractivity contribution in [2.24, 2.45) is 17.8 Å². The third kappa shape index (κ3) is 6.92. The Morgan fingerprint density at radius 3 is 2.21 bits per heavy atom. The molecule has 0 amide bonds. The quantitative estimate of drug-likeness (QED) is 0.155. The van der Waals surface area contributed by atoms with Crippen LogP contribution in [0.3, 0.4) is 0 Å². The molecule has 1 aliphatic heterocycles. The van der Waals surface area contributed by atoms with Crippen molar-refractivity contribution in [2.45, 2.75) is 32.3 Å². The van der Waals surface area contributed by atoms with E-state index in [4.69, 9.17) is 28.6 Å². The summed E-state index contributed by atoms with van der Waals surface area (Å²) in [7, 11) is 0. The van der Waals surface area contributed by atoms with Crippen LogP contribution in [0.5, 0.6) is 0 Å². The Bertz CT molecular complexity index is 1290. The predicted molar refractivity (Wildman–Crippen MR) is 163 cm³/mol. The molecule has 0 radical (unpaired) electrons. The first-order valence-corrected chi connectivity index (χ1v) is 15.3. The molecule has 7 heteroatoms. The summed E-state index contributed by atoms with van der Waals surface area (Å²) in [5.74, 6) is -0.397. The third-order valence-electron chi connectivity index (χ3n) is 7.75. The minimum Gasteiger partial charge on any atom is -0.461 e. The van der Waals surface area contributed by atoms with E-state index in [0.29, 0.717) is 17.0 Å². The minimum atomic E-state index is -0.481. The highest BCUT2D eigenvalue weighted by molar-refractivity contribution is 8.22. The van der Waals surface area contributed by atoms with Gasteiger partial charge in [0.25, 0.3) is 0 Å². The van der Waals surface area contributed by atoms with E-state index < -0.39 is 11.8 Å². The van der Waals surface area contributed by atoms with Gasteiger partial charge in [-0.1, -0.05) is 102 Å². The maximum Gasteiger partial charge on any atom is 0.310 e. The lowest BCUT2D eigenvalue weighted by atomic mass is 9.84. The van der Waals surface area contributed by atoms with Gasteiger partial charge < -0.3 is 9.64 Å². The number of ketones is 1. The van der Waals surface area contributed by atoms with Gasteiger partial charge in [0.2, 0.25) is 0 Å². The smallest absolute Gasteiger partial charge is 0.310 e. The second kappa shape index (κ2) is 13.1. The maximum atomic E-state index is 13.8. The number of halogens is 1. The summed E-state index contributed by atoms with van der Waals surface area (Å²) in [6, 6.07) is 24.9. The minimum absolute atomic E-state index is 0.00827. The molecule has 0 bridgehead atoms. The molecule has 3 unspecified atom stereocenters. The lowest BCUT2D eigenvalue weighted by Crippen LogP contribution is -2.33. The van der Waals surface area contributed by atoms with E-state index in [2.05, 4.69) is 4.90 Å². The van der Waals surface area contributed by atoms with Gasteiger partial charge in [-0.2, -0.15) is 0 Å². The van der Waals surface area contributed by atoms with Crippen molar-refractivity contribution in [3.63, 3.8) is 0 Å². The number of rotatable bonds is 8. The second-order valence-electron chi connectivity index (χ2n) is 10.3. The number of carbonyl (C=O) groups excluding carboxylic acids is 2. The van der Waals surface area contributed by atoms with Crippen LogP contribution in [0.15, 0.2) is 78.9 Å². The fraction of sp³-hybridized carbons (Fsp3) is 0.344. The standard InChI is InChI=1S/C32H32ClNO3S2/c33-27-15-12-24(13-16-27)23-8-10-25(11-9-23)30(35)28-17-14-26(21-39-32(38)34-18-4-5-19-34)29(28)31(36)37-20-22-6-2-1-3-7-22/h1-3,6-13,15-16,26,28-29H,4-5,14,17-21H2. The van der Waals surface area contributed by atoms with Crippen molar-refractivity contribution in [1.82, 2.24) is 4.90 Å². The molecule has 5 rings (SSSR count). The van der Waals surface area contributed by atoms with Gasteiger partial charge in [-0.3, -0.25) is 9.59 Å². The number of hydrogen-bond acceptors (Lipinski definition) is 5. The molecule has 0 spiro atoms. The Kier molecular flexibility index (Phi) is 9.38. The van der Waals surface area contributed by atoms with Crippen LogP contribution < -0.4 is 0 Å². The molecule has 0 aromatic heterocycles. The lowest BCUT2D eigenvalue weighted by molar-refractivity contribution is -0.152. The Morgan fingerprint density at radius 1 is 0.897 bits per heavy atom. The molecule has 1 saturated heterocycles. The largest absolute Gasteiger partial charge is 0.461 e. The fourth-order valence-electron chi connectivity index (χ4n) is 5.60. The molecule has 3 aromatic carbocycles. The van der Waals surface area contributed by atoms with Crippen molar-refractivity contribution in [3.05, 3.63) is 95.0 Å². The van der Waals surface area contributed by atoms with Gasteiger partial charge in [-0.25, -0.2) is 0 Å². The molecule has 1 aliphatic carbocycles. The average molecular weight is 578 g/mol. The van der Waals surface area contributed by atoms with Crippen LogP contribution in [0.1, 0.15) is 41.6 Å². The molecule has 4 nitrogen and oxygen atoms in total. The van der Waals surface area contributed by atoms with Crippen molar-refractivity contribution in [1.29, 1.82) is 0 Å². The number of hydrogen-bond donors (Lipinski definition) is 0. The zero-order valence-electron chi connectivity index (χ0n) is 21.8. The van der Waals surface area contributed by atoms with E-state index >= 15 is 0 Å². The van der Waals surface area contributed by atoms with Crippen LogP contribution in [0.25, 0.3) is 11.1 Å². The number of Topliss-reactive ketones (excluding diaryl/α,β-unsaturated/α-hetero) is 1. The van der Waals surface area contributed by atoms with Crippen LogP contribution in [-0.2, 0) is 16.1 Å². The van der Waals surface area contributed by atoms with Crippen LogP contribution in [0, 0.1) is 17.8 Å². The van der Waals surface area contributed by atoms with Crippen LogP contribution in [-0.4, -0.2) is 39.8 Å². The Labute approximate surface area is 245 Å². The topological polar surface area (TPSA) is 46.6 Å².